The molecular formula is C27H25N5OS. The molecule has 1 amide bonds. The zero-order valence-corrected chi connectivity index (χ0v) is 20.4. The van der Waals surface area contributed by atoms with Gasteiger partial charge in [0, 0.05) is 23.5 Å². The van der Waals surface area contributed by atoms with Gasteiger partial charge >= 0.3 is 0 Å². The fourth-order valence-electron chi connectivity index (χ4n) is 4.22. The Balaban J connectivity index is 1.47. The minimum atomic E-state index is -0.407. The molecule has 0 bridgehead atoms. The van der Waals surface area contributed by atoms with Gasteiger partial charge in [0.2, 0.25) is 5.17 Å². The minimum Gasteiger partial charge on any atom is -0.318 e. The van der Waals surface area contributed by atoms with Gasteiger partial charge in [-0.2, -0.15) is 15.1 Å². The van der Waals surface area contributed by atoms with E-state index in [1.54, 1.807) is 6.08 Å². The Kier molecular flexibility index (Phi) is 5.57. The van der Waals surface area contributed by atoms with Gasteiger partial charge in [0.1, 0.15) is 5.04 Å². The fraction of sp³-hybridized carbons (Fsp3) is 0.185. The number of thioether (sulfide) groups is 1. The largest absolute Gasteiger partial charge is 0.318 e. The first-order valence-electron chi connectivity index (χ1n) is 11.1. The van der Waals surface area contributed by atoms with Crippen LogP contribution in [0.3, 0.4) is 0 Å². The molecule has 3 heterocycles. The SMILES string of the molecule is Cc1ccc(-n2c(C)cc(C=C3C(=N)N4N=C(Cc5ccccc5)SC4=NC3=O)c2C)cc1C. The summed E-state index contributed by atoms with van der Waals surface area (Å²) in [6.45, 7) is 8.28. The molecule has 6 nitrogen and oxygen atoms in total. The molecule has 1 aromatic heterocycles. The van der Waals surface area contributed by atoms with Crippen LogP contribution in [0.4, 0.5) is 0 Å². The number of aryl methyl sites for hydroxylation is 3. The summed E-state index contributed by atoms with van der Waals surface area (Å²) in [5.74, 6) is -0.350. The van der Waals surface area contributed by atoms with Crippen molar-refractivity contribution in [3.8, 4) is 5.69 Å². The summed E-state index contributed by atoms with van der Waals surface area (Å²) in [6.07, 6.45) is 2.40. The van der Waals surface area contributed by atoms with Crippen LogP contribution in [0.15, 0.2) is 70.3 Å². The maximum Gasteiger partial charge on any atom is 0.283 e. The molecule has 170 valence electrons. The zero-order chi connectivity index (χ0) is 24.0. The number of hydrogen-bond donors (Lipinski definition) is 1. The van der Waals surface area contributed by atoms with Gasteiger partial charge in [0.05, 0.1) is 5.57 Å². The zero-order valence-electron chi connectivity index (χ0n) is 19.6. The molecule has 0 fully saturated rings. The third kappa shape index (κ3) is 3.92. The molecule has 0 saturated heterocycles. The number of amidine groups is 2. The summed E-state index contributed by atoms with van der Waals surface area (Å²) < 4.78 is 2.17. The number of amides is 1. The molecule has 0 unspecified atom stereocenters. The Hall–Kier alpha value is -3.71. The number of rotatable bonds is 4. The maximum atomic E-state index is 12.9. The van der Waals surface area contributed by atoms with Gasteiger partial charge in [-0.05, 0) is 86.0 Å². The van der Waals surface area contributed by atoms with E-state index in [2.05, 4.69) is 46.7 Å². The van der Waals surface area contributed by atoms with E-state index in [1.807, 2.05) is 50.2 Å². The Bertz CT molecular complexity index is 1430. The summed E-state index contributed by atoms with van der Waals surface area (Å²) in [6, 6.07) is 18.5. The first-order valence-corrected chi connectivity index (χ1v) is 11.9. The van der Waals surface area contributed by atoms with Crippen molar-refractivity contribution in [2.24, 2.45) is 10.1 Å². The fourth-order valence-corrected chi connectivity index (χ4v) is 5.14. The smallest absolute Gasteiger partial charge is 0.283 e. The van der Waals surface area contributed by atoms with Crippen LogP contribution in [0, 0.1) is 33.1 Å². The number of benzene rings is 2. The molecule has 0 atom stereocenters. The Morgan fingerprint density at radius 1 is 1.00 bits per heavy atom. The highest BCUT2D eigenvalue weighted by Crippen LogP contribution is 2.31. The molecule has 0 saturated carbocycles. The first kappa shape index (κ1) is 22.1. The molecule has 2 aliphatic heterocycles. The van der Waals surface area contributed by atoms with E-state index in [0.717, 1.165) is 33.2 Å². The van der Waals surface area contributed by atoms with Crippen LogP contribution in [-0.2, 0) is 11.2 Å². The number of aliphatic imine (C=N–C) groups is 1. The van der Waals surface area contributed by atoms with Crippen LogP contribution in [0.1, 0.15) is 33.6 Å². The molecule has 2 aliphatic rings. The second kappa shape index (κ2) is 8.57. The highest BCUT2D eigenvalue weighted by molar-refractivity contribution is 8.26. The van der Waals surface area contributed by atoms with E-state index in [0.29, 0.717) is 11.6 Å². The molecular weight excluding hydrogens is 442 g/mol. The molecule has 3 aromatic rings. The summed E-state index contributed by atoms with van der Waals surface area (Å²) in [4.78, 5) is 17.1. The lowest BCUT2D eigenvalue weighted by molar-refractivity contribution is -0.114. The van der Waals surface area contributed by atoms with Gasteiger partial charge in [-0.15, -0.1) is 0 Å². The number of nitrogens with one attached hydrogen (secondary N) is 1. The monoisotopic (exact) mass is 467 g/mol. The number of aromatic nitrogens is 1. The summed E-state index contributed by atoms with van der Waals surface area (Å²) in [7, 11) is 0. The standard InChI is InChI=1S/C27H25N5OS/c1-16-10-11-22(12-17(16)2)31-18(3)13-21(19(31)4)15-23-25(28)32-27(29-26(23)33)34-24(30-32)14-20-8-6-5-7-9-20/h5-13,15,28H,14H2,1-4H3. The minimum absolute atomic E-state index is 0.0570. The van der Waals surface area contributed by atoms with E-state index < -0.39 is 5.91 Å². The van der Waals surface area contributed by atoms with Crippen molar-refractivity contribution < 1.29 is 4.79 Å². The molecule has 2 aromatic carbocycles. The Morgan fingerprint density at radius 2 is 1.76 bits per heavy atom. The second-order valence-electron chi connectivity index (χ2n) is 8.61. The van der Waals surface area contributed by atoms with Gasteiger partial charge in [0.25, 0.3) is 5.91 Å². The highest BCUT2D eigenvalue weighted by Gasteiger charge is 2.35. The van der Waals surface area contributed by atoms with Crippen LogP contribution < -0.4 is 0 Å². The van der Waals surface area contributed by atoms with Gasteiger partial charge in [-0.25, -0.2) is 0 Å². The van der Waals surface area contributed by atoms with Crippen LogP contribution in [0.25, 0.3) is 11.8 Å². The average Bonchev–Trinajstić information content (AvgIpc) is 3.33. The van der Waals surface area contributed by atoms with Crippen molar-refractivity contribution in [2.75, 3.05) is 0 Å². The predicted molar refractivity (Wildman–Crippen MR) is 140 cm³/mol. The number of fused-ring (bicyclic) bond motifs is 1. The van der Waals surface area contributed by atoms with Gasteiger partial charge in [0.15, 0.2) is 5.84 Å². The number of hydrogen-bond acceptors (Lipinski definition) is 4. The second-order valence-corrected chi connectivity index (χ2v) is 9.65. The lowest BCUT2D eigenvalue weighted by atomic mass is 10.1. The highest BCUT2D eigenvalue weighted by atomic mass is 32.2. The normalized spacial score (nSPS) is 16.7. The van der Waals surface area contributed by atoms with Gasteiger partial charge < -0.3 is 4.57 Å². The number of nitrogens with zero attached hydrogens (tertiary/aromatic N) is 4. The summed E-state index contributed by atoms with van der Waals surface area (Å²) in [5, 5.41) is 16.0. The number of carbonyl (C=O) groups is 1. The van der Waals surface area contributed by atoms with Crippen molar-refractivity contribution in [2.45, 2.75) is 34.1 Å². The van der Waals surface area contributed by atoms with Crippen LogP contribution in [-0.4, -0.2) is 31.5 Å². The quantitative estimate of drug-likeness (QED) is 0.510. The molecule has 34 heavy (non-hydrogen) atoms. The summed E-state index contributed by atoms with van der Waals surface area (Å²) >= 11 is 1.35. The van der Waals surface area contributed by atoms with Crippen LogP contribution in [0.5, 0.6) is 0 Å². The van der Waals surface area contributed by atoms with E-state index in [1.165, 1.54) is 27.9 Å². The molecule has 0 spiro atoms. The van der Waals surface area contributed by atoms with Crippen molar-refractivity contribution in [1.82, 2.24) is 9.58 Å². The third-order valence-corrected chi connectivity index (χ3v) is 7.12. The molecule has 0 radical (unpaired) electrons. The number of carbonyl (C=O) groups excluding carboxylic acids is 1. The van der Waals surface area contributed by atoms with Crippen LogP contribution >= 0.6 is 11.8 Å². The van der Waals surface area contributed by atoms with Gasteiger partial charge in [-0.3, -0.25) is 10.2 Å². The summed E-state index contributed by atoms with van der Waals surface area (Å²) in [5.41, 5.74) is 7.89. The topological polar surface area (TPSA) is 73.8 Å². The Labute approximate surface area is 203 Å². The average molecular weight is 468 g/mol. The van der Waals surface area contributed by atoms with E-state index in [-0.39, 0.29) is 11.4 Å². The van der Waals surface area contributed by atoms with E-state index in [9.17, 15) is 4.79 Å². The molecule has 7 heteroatoms. The van der Waals surface area contributed by atoms with Crippen molar-refractivity contribution >= 4 is 39.8 Å². The van der Waals surface area contributed by atoms with Crippen molar-refractivity contribution in [3.63, 3.8) is 0 Å². The molecule has 0 aliphatic carbocycles. The third-order valence-electron chi connectivity index (χ3n) is 6.21. The Morgan fingerprint density at radius 3 is 2.50 bits per heavy atom. The maximum absolute atomic E-state index is 12.9. The van der Waals surface area contributed by atoms with E-state index in [4.69, 9.17) is 5.41 Å². The number of hydrazone groups is 1. The lowest BCUT2D eigenvalue weighted by Crippen LogP contribution is -2.35. The van der Waals surface area contributed by atoms with Gasteiger partial charge in [-0.1, -0.05) is 36.4 Å². The first-order chi connectivity index (χ1) is 16.3. The molecule has 5 rings (SSSR count). The van der Waals surface area contributed by atoms with Crippen LogP contribution in [0.2, 0.25) is 0 Å². The van der Waals surface area contributed by atoms with Crippen molar-refractivity contribution in [3.05, 3.63) is 93.8 Å². The molecule has 1 N–H and O–H groups in total. The van der Waals surface area contributed by atoms with Crippen molar-refractivity contribution in [1.29, 1.82) is 5.41 Å². The lowest BCUT2D eigenvalue weighted by Gasteiger charge is -2.20. The predicted octanol–water partition coefficient (Wildman–Crippen LogP) is 5.57. The van der Waals surface area contributed by atoms with E-state index >= 15 is 0 Å².